The fraction of sp³-hybridized carbons (Fsp3) is 0.200. The molecule has 1 aromatic heterocycles. The number of rotatable bonds is 7. The number of nitrogens with one attached hydrogen (secondary N) is 1. The van der Waals surface area contributed by atoms with E-state index in [2.05, 4.69) is 15.3 Å². The lowest BCUT2D eigenvalue weighted by atomic mass is 10.2. The van der Waals surface area contributed by atoms with Crippen LogP contribution in [-0.2, 0) is 0 Å². The lowest BCUT2D eigenvalue weighted by molar-refractivity contribution is 0.340. The van der Waals surface area contributed by atoms with Gasteiger partial charge in [0.15, 0.2) is 5.82 Å². The highest BCUT2D eigenvalue weighted by Crippen LogP contribution is 2.28. The van der Waals surface area contributed by atoms with E-state index < -0.39 is 0 Å². The smallest absolute Gasteiger partial charge is 0.163 e. The number of aromatic nitrogens is 2. The minimum absolute atomic E-state index is 0.389. The van der Waals surface area contributed by atoms with Crippen LogP contribution in [-0.4, -0.2) is 23.2 Å². The predicted molar refractivity (Wildman–Crippen MR) is 104 cm³/mol. The van der Waals surface area contributed by atoms with Gasteiger partial charge in [0.2, 0.25) is 0 Å². The SMILES string of the molecule is CCOc1ccc(-c2nc(N)cc(Nc3ccccc3OCC)n2)cc1. The Bertz CT molecular complexity index is 866. The second-order valence-corrected chi connectivity index (χ2v) is 5.51. The van der Waals surface area contributed by atoms with Gasteiger partial charge in [-0.2, -0.15) is 0 Å². The van der Waals surface area contributed by atoms with Gasteiger partial charge in [-0.05, 0) is 50.2 Å². The lowest BCUT2D eigenvalue weighted by Gasteiger charge is -2.13. The minimum atomic E-state index is 0.389. The van der Waals surface area contributed by atoms with Crippen molar-refractivity contribution in [3.8, 4) is 22.9 Å². The van der Waals surface area contributed by atoms with Gasteiger partial charge in [-0.25, -0.2) is 9.97 Å². The number of nitrogens with zero attached hydrogens (tertiary/aromatic N) is 2. The molecule has 0 atom stereocenters. The van der Waals surface area contributed by atoms with Crippen LogP contribution in [0.25, 0.3) is 11.4 Å². The zero-order valence-electron chi connectivity index (χ0n) is 14.9. The van der Waals surface area contributed by atoms with E-state index in [1.807, 2.05) is 62.4 Å². The number of para-hydroxylation sites is 2. The van der Waals surface area contributed by atoms with Crippen molar-refractivity contribution >= 4 is 17.3 Å². The van der Waals surface area contributed by atoms with Crippen molar-refractivity contribution in [3.63, 3.8) is 0 Å². The van der Waals surface area contributed by atoms with E-state index in [0.29, 0.717) is 30.7 Å². The number of ether oxygens (including phenoxy) is 2. The first-order valence-electron chi connectivity index (χ1n) is 8.56. The molecule has 2 aromatic carbocycles. The van der Waals surface area contributed by atoms with Gasteiger partial charge in [0.25, 0.3) is 0 Å². The number of nitrogen functional groups attached to an aromatic ring is 1. The molecule has 6 nitrogen and oxygen atoms in total. The van der Waals surface area contributed by atoms with Crippen molar-refractivity contribution in [1.82, 2.24) is 9.97 Å². The maximum atomic E-state index is 5.98. The number of hydrogen-bond acceptors (Lipinski definition) is 6. The standard InChI is InChI=1S/C20H22N4O2/c1-3-25-15-11-9-14(10-12-15)20-23-18(21)13-19(24-20)22-16-7-5-6-8-17(16)26-4-2/h5-13H,3-4H2,1-2H3,(H3,21,22,23,24). The third-order valence-corrected chi connectivity index (χ3v) is 3.62. The summed E-state index contributed by atoms with van der Waals surface area (Å²) < 4.78 is 11.1. The van der Waals surface area contributed by atoms with Crippen molar-refractivity contribution in [2.24, 2.45) is 0 Å². The average Bonchev–Trinajstić information content (AvgIpc) is 2.64. The Morgan fingerprint density at radius 3 is 2.38 bits per heavy atom. The van der Waals surface area contributed by atoms with E-state index in [9.17, 15) is 0 Å². The van der Waals surface area contributed by atoms with Gasteiger partial charge in [-0.15, -0.1) is 0 Å². The number of nitrogens with two attached hydrogens (primary N) is 1. The largest absolute Gasteiger partial charge is 0.494 e. The highest BCUT2D eigenvalue weighted by molar-refractivity contribution is 5.68. The highest BCUT2D eigenvalue weighted by atomic mass is 16.5. The number of hydrogen-bond donors (Lipinski definition) is 2. The predicted octanol–water partition coefficient (Wildman–Crippen LogP) is 4.27. The first-order chi connectivity index (χ1) is 12.7. The summed E-state index contributed by atoms with van der Waals surface area (Å²) in [6, 6.07) is 17.0. The van der Waals surface area contributed by atoms with Gasteiger partial charge in [-0.1, -0.05) is 12.1 Å². The molecule has 0 saturated heterocycles. The number of benzene rings is 2. The summed E-state index contributed by atoms with van der Waals surface area (Å²) in [5.41, 5.74) is 7.66. The monoisotopic (exact) mass is 350 g/mol. The van der Waals surface area contributed by atoms with Gasteiger partial charge in [0.05, 0.1) is 18.9 Å². The Kier molecular flexibility index (Phi) is 5.53. The van der Waals surface area contributed by atoms with E-state index >= 15 is 0 Å². The van der Waals surface area contributed by atoms with Gasteiger partial charge < -0.3 is 20.5 Å². The second kappa shape index (κ2) is 8.20. The Balaban J connectivity index is 1.88. The van der Waals surface area contributed by atoms with Gasteiger partial charge >= 0.3 is 0 Å². The van der Waals surface area contributed by atoms with Crippen LogP contribution in [0.4, 0.5) is 17.3 Å². The van der Waals surface area contributed by atoms with Crippen LogP contribution in [0.5, 0.6) is 11.5 Å². The molecule has 0 spiro atoms. The number of anilines is 3. The Labute approximate surface area is 153 Å². The molecule has 0 aliphatic carbocycles. The van der Waals surface area contributed by atoms with E-state index in [1.165, 1.54) is 0 Å². The molecule has 3 N–H and O–H groups in total. The molecule has 0 radical (unpaired) electrons. The molecule has 0 aliphatic rings. The summed E-state index contributed by atoms with van der Waals surface area (Å²) in [4.78, 5) is 8.91. The molecule has 1 heterocycles. The summed E-state index contributed by atoms with van der Waals surface area (Å²) in [5, 5.41) is 3.26. The molecule has 26 heavy (non-hydrogen) atoms. The third-order valence-electron chi connectivity index (χ3n) is 3.62. The van der Waals surface area contributed by atoms with Crippen LogP contribution in [0.3, 0.4) is 0 Å². The average molecular weight is 350 g/mol. The van der Waals surface area contributed by atoms with Crippen LogP contribution in [0, 0.1) is 0 Å². The van der Waals surface area contributed by atoms with E-state index in [-0.39, 0.29) is 0 Å². The quantitative estimate of drug-likeness (QED) is 0.662. The zero-order valence-corrected chi connectivity index (χ0v) is 14.9. The topological polar surface area (TPSA) is 82.3 Å². The van der Waals surface area contributed by atoms with Gasteiger partial charge in [0.1, 0.15) is 23.1 Å². The van der Waals surface area contributed by atoms with Crippen molar-refractivity contribution < 1.29 is 9.47 Å². The first kappa shape index (κ1) is 17.5. The highest BCUT2D eigenvalue weighted by Gasteiger charge is 2.09. The maximum absolute atomic E-state index is 5.98. The van der Waals surface area contributed by atoms with E-state index in [4.69, 9.17) is 15.2 Å². The molecule has 134 valence electrons. The molecular weight excluding hydrogens is 328 g/mol. The van der Waals surface area contributed by atoms with Crippen molar-refractivity contribution in [3.05, 3.63) is 54.6 Å². The summed E-state index contributed by atoms with van der Waals surface area (Å²) >= 11 is 0. The molecule has 3 aromatic rings. The van der Waals surface area contributed by atoms with Crippen molar-refractivity contribution in [2.45, 2.75) is 13.8 Å². The normalized spacial score (nSPS) is 10.4. The van der Waals surface area contributed by atoms with Crippen LogP contribution in [0.1, 0.15) is 13.8 Å². The Hall–Kier alpha value is -3.28. The summed E-state index contributed by atoms with van der Waals surface area (Å²) in [6.45, 7) is 5.11. The molecule has 0 amide bonds. The Morgan fingerprint density at radius 1 is 0.923 bits per heavy atom. The molecule has 0 aliphatic heterocycles. The van der Waals surface area contributed by atoms with Crippen LogP contribution >= 0.6 is 0 Å². The van der Waals surface area contributed by atoms with E-state index in [0.717, 1.165) is 22.7 Å². The zero-order chi connectivity index (χ0) is 18.4. The first-order valence-corrected chi connectivity index (χ1v) is 8.56. The maximum Gasteiger partial charge on any atom is 0.163 e. The van der Waals surface area contributed by atoms with Crippen molar-refractivity contribution in [1.29, 1.82) is 0 Å². The molecule has 6 heteroatoms. The van der Waals surface area contributed by atoms with Gasteiger partial charge in [-0.3, -0.25) is 0 Å². The summed E-state index contributed by atoms with van der Waals surface area (Å²) in [6.07, 6.45) is 0. The molecule has 0 saturated carbocycles. The van der Waals surface area contributed by atoms with Gasteiger partial charge in [0, 0.05) is 11.6 Å². The molecule has 3 rings (SSSR count). The Morgan fingerprint density at radius 2 is 1.65 bits per heavy atom. The molecule has 0 unspecified atom stereocenters. The van der Waals surface area contributed by atoms with Crippen LogP contribution < -0.4 is 20.5 Å². The lowest BCUT2D eigenvalue weighted by Crippen LogP contribution is -2.03. The fourth-order valence-corrected chi connectivity index (χ4v) is 2.52. The van der Waals surface area contributed by atoms with Crippen LogP contribution in [0.2, 0.25) is 0 Å². The third kappa shape index (κ3) is 4.22. The second-order valence-electron chi connectivity index (χ2n) is 5.51. The minimum Gasteiger partial charge on any atom is -0.494 e. The molecule has 0 bridgehead atoms. The molecular formula is C20H22N4O2. The van der Waals surface area contributed by atoms with Crippen LogP contribution in [0.15, 0.2) is 54.6 Å². The molecule has 0 fully saturated rings. The van der Waals surface area contributed by atoms with Crippen molar-refractivity contribution in [2.75, 3.05) is 24.3 Å². The summed E-state index contributed by atoms with van der Waals surface area (Å²) in [7, 11) is 0. The fourth-order valence-electron chi connectivity index (χ4n) is 2.52. The van der Waals surface area contributed by atoms with E-state index in [1.54, 1.807) is 6.07 Å². The summed E-state index contributed by atoms with van der Waals surface area (Å²) in [5.74, 6) is 3.11.